The average molecular weight is 240 g/mol. The van der Waals surface area contributed by atoms with Gasteiger partial charge in [-0.05, 0) is 45.2 Å². The van der Waals surface area contributed by atoms with Crippen molar-refractivity contribution in [2.24, 2.45) is 5.92 Å². The fourth-order valence-corrected chi connectivity index (χ4v) is 3.12. The number of rotatable bonds is 7. The smallest absolute Gasteiger partial charge is 0.0192 e. The Morgan fingerprint density at radius 3 is 2.53 bits per heavy atom. The van der Waals surface area contributed by atoms with Gasteiger partial charge >= 0.3 is 0 Å². The van der Waals surface area contributed by atoms with E-state index in [1.54, 1.807) is 0 Å². The molecular weight excluding hydrogens is 208 g/mol. The number of likely N-dealkylation sites (N-methyl/N-ethyl adjacent to an activating group) is 1. The Kier molecular flexibility index (Phi) is 7.14. The lowest BCUT2D eigenvalue weighted by Crippen LogP contribution is -2.46. The lowest BCUT2D eigenvalue weighted by atomic mass is 9.85. The molecule has 0 aromatic rings. The van der Waals surface area contributed by atoms with Crippen molar-refractivity contribution in [2.75, 3.05) is 20.1 Å². The van der Waals surface area contributed by atoms with Crippen LogP contribution in [0.5, 0.6) is 0 Å². The minimum atomic E-state index is 0.675. The molecule has 0 aromatic carbocycles. The van der Waals surface area contributed by atoms with Crippen molar-refractivity contribution >= 4 is 0 Å². The first kappa shape index (κ1) is 15.0. The van der Waals surface area contributed by atoms with E-state index in [4.69, 9.17) is 0 Å². The summed E-state index contributed by atoms with van der Waals surface area (Å²) in [7, 11) is 2.32. The third kappa shape index (κ3) is 4.97. The number of nitrogens with one attached hydrogen (secondary N) is 1. The van der Waals surface area contributed by atoms with E-state index >= 15 is 0 Å². The van der Waals surface area contributed by atoms with E-state index in [0.717, 1.165) is 18.5 Å². The predicted molar refractivity (Wildman–Crippen MR) is 76.4 cm³/mol. The molecule has 0 heterocycles. The predicted octanol–water partition coefficient (Wildman–Crippen LogP) is 3.28. The highest BCUT2D eigenvalue weighted by atomic mass is 15.2. The van der Waals surface area contributed by atoms with Gasteiger partial charge in [0.15, 0.2) is 0 Å². The van der Waals surface area contributed by atoms with Crippen molar-refractivity contribution in [2.45, 2.75) is 71.4 Å². The molecule has 0 aliphatic heterocycles. The third-order valence-corrected chi connectivity index (χ3v) is 4.32. The maximum absolute atomic E-state index is 3.66. The van der Waals surface area contributed by atoms with E-state index in [2.05, 4.69) is 38.0 Å². The second-order valence-corrected chi connectivity index (χ2v) is 5.83. The Hall–Kier alpha value is -0.0800. The van der Waals surface area contributed by atoms with Gasteiger partial charge in [-0.3, -0.25) is 0 Å². The van der Waals surface area contributed by atoms with Gasteiger partial charge in [0.25, 0.3) is 0 Å². The van der Waals surface area contributed by atoms with Gasteiger partial charge in [-0.15, -0.1) is 0 Å². The van der Waals surface area contributed by atoms with E-state index in [1.807, 2.05) is 0 Å². The number of nitrogens with zero attached hydrogens (tertiary/aromatic N) is 1. The van der Waals surface area contributed by atoms with Crippen molar-refractivity contribution in [3.8, 4) is 0 Å². The molecule has 1 aliphatic rings. The molecule has 3 unspecified atom stereocenters. The fourth-order valence-electron chi connectivity index (χ4n) is 3.12. The van der Waals surface area contributed by atoms with Crippen LogP contribution in [-0.2, 0) is 0 Å². The average Bonchev–Trinajstić information content (AvgIpc) is 2.34. The molecule has 1 fully saturated rings. The monoisotopic (exact) mass is 240 g/mol. The maximum atomic E-state index is 3.66. The van der Waals surface area contributed by atoms with Gasteiger partial charge in [0.05, 0.1) is 0 Å². The molecule has 0 radical (unpaired) electrons. The van der Waals surface area contributed by atoms with Gasteiger partial charge in [-0.2, -0.15) is 0 Å². The lowest BCUT2D eigenvalue weighted by molar-refractivity contribution is 0.127. The molecule has 102 valence electrons. The number of hydrogen-bond acceptors (Lipinski definition) is 2. The third-order valence-electron chi connectivity index (χ3n) is 4.32. The quantitative estimate of drug-likeness (QED) is 0.735. The molecule has 17 heavy (non-hydrogen) atoms. The molecule has 0 saturated heterocycles. The molecule has 0 spiro atoms. The van der Waals surface area contributed by atoms with Gasteiger partial charge in [0.2, 0.25) is 0 Å². The van der Waals surface area contributed by atoms with Gasteiger partial charge in [-0.1, -0.05) is 33.6 Å². The summed E-state index contributed by atoms with van der Waals surface area (Å²) < 4.78 is 0. The van der Waals surface area contributed by atoms with Crippen LogP contribution in [0.2, 0.25) is 0 Å². The van der Waals surface area contributed by atoms with Gasteiger partial charge < -0.3 is 10.2 Å². The fraction of sp³-hybridized carbons (Fsp3) is 1.00. The molecule has 1 saturated carbocycles. The van der Waals surface area contributed by atoms with Crippen LogP contribution in [0.25, 0.3) is 0 Å². The van der Waals surface area contributed by atoms with E-state index in [-0.39, 0.29) is 0 Å². The maximum Gasteiger partial charge on any atom is 0.0192 e. The van der Waals surface area contributed by atoms with Crippen molar-refractivity contribution in [1.29, 1.82) is 0 Å². The molecule has 2 heteroatoms. The van der Waals surface area contributed by atoms with Crippen molar-refractivity contribution in [3.05, 3.63) is 0 Å². The number of hydrogen-bond donors (Lipinski definition) is 1. The van der Waals surface area contributed by atoms with E-state index < -0.39 is 0 Å². The molecular formula is C15H32N2. The zero-order valence-electron chi connectivity index (χ0n) is 12.3. The van der Waals surface area contributed by atoms with Gasteiger partial charge in [-0.25, -0.2) is 0 Å². The zero-order valence-corrected chi connectivity index (χ0v) is 12.3. The summed E-state index contributed by atoms with van der Waals surface area (Å²) in [6, 6.07) is 1.50. The van der Waals surface area contributed by atoms with Crippen molar-refractivity contribution in [1.82, 2.24) is 10.2 Å². The van der Waals surface area contributed by atoms with Crippen molar-refractivity contribution in [3.63, 3.8) is 0 Å². The topological polar surface area (TPSA) is 15.3 Å². The van der Waals surface area contributed by atoms with Crippen LogP contribution in [0.1, 0.15) is 59.3 Å². The minimum absolute atomic E-state index is 0.675. The summed E-state index contributed by atoms with van der Waals surface area (Å²) in [4.78, 5) is 2.61. The highest BCUT2D eigenvalue weighted by Crippen LogP contribution is 2.27. The van der Waals surface area contributed by atoms with Gasteiger partial charge in [0, 0.05) is 18.6 Å². The van der Waals surface area contributed by atoms with Crippen LogP contribution < -0.4 is 5.32 Å². The highest BCUT2D eigenvalue weighted by Gasteiger charge is 2.25. The lowest BCUT2D eigenvalue weighted by Gasteiger charge is -2.38. The molecule has 0 aromatic heterocycles. The molecule has 0 bridgehead atoms. The Morgan fingerprint density at radius 2 is 1.94 bits per heavy atom. The Bertz CT molecular complexity index is 193. The van der Waals surface area contributed by atoms with Crippen LogP contribution in [0.3, 0.4) is 0 Å². The minimum Gasteiger partial charge on any atom is -0.313 e. The summed E-state index contributed by atoms with van der Waals surface area (Å²) in [6.45, 7) is 9.34. The molecule has 1 aliphatic carbocycles. The van der Waals surface area contributed by atoms with Crippen LogP contribution >= 0.6 is 0 Å². The van der Waals surface area contributed by atoms with Gasteiger partial charge in [0.1, 0.15) is 0 Å². The summed E-state index contributed by atoms with van der Waals surface area (Å²) in [5, 5.41) is 3.66. The van der Waals surface area contributed by atoms with E-state index in [1.165, 1.54) is 45.1 Å². The first-order valence-electron chi connectivity index (χ1n) is 7.62. The summed E-state index contributed by atoms with van der Waals surface area (Å²) >= 11 is 0. The summed E-state index contributed by atoms with van der Waals surface area (Å²) in [5.74, 6) is 0.887. The Balaban J connectivity index is 2.36. The zero-order chi connectivity index (χ0) is 12.7. The molecule has 1 rings (SSSR count). The summed E-state index contributed by atoms with van der Waals surface area (Å²) in [5.41, 5.74) is 0. The second kappa shape index (κ2) is 8.10. The Morgan fingerprint density at radius 1 is 1.24 bits per heavy atom. The Labute approximate surface area is 108 Å². The summed E-state index contributed by atoms with van der Waals surface area (Å²) in [6.07, 6.45) is 8.18. The molecule has 0 amide bonds. The normalized spacial score (nSPS) is 27.4. The largest absolute Gasteiger partial charge is 0.313 e. The van der Waals surface area contributed by atoms with E-state index in [0.29, 0.717) is 6.04 Å². The van der Waals surface area contributed by atoms with E-state index in [9.17, 15) is 0 Å². The van der Waals surface area contributed by atoms with Crippen LogP contribution in [0.4, 0.5) is 0 Å². The highest BCUT2D eigenvalue weighted by molar-refractivity contribution is 4.81. The standard InChI is InChI=1S/C15H32N2/c1-5-11-16-14(6-2)12-17(4)15-10-8-7-9-13(15)3/h13-16H,5-12H2,1-4H3. The van der Waals surface area contributed by atoms with Crippen LogP contribution in [0, 0.1) is 5.92 Å². The molecule has 2 nitrogen and oxygen atoms in total. The molecule has 3 atom stereocenters. The first-order valence-corrected chi connectivity index (χ1v) is 7.62. The van der Waals surface area contributed by atoms with Crippen LogP contribution in [0.15, 0.2) is 0 Å². The first-order chi connectivity index (χ1) is 8.19. The molecule has 1 N–H and O–H groups in total. The van der Waals surface area contributed by atoms with Crippen molar-refractivity contribution < 1.29 is 0 Å². The van der Waals surface area contributed by atoms with Crippen LogP contribution in [-0.4, -0.2) is 37.1 Å². The second-order valence-electron chi connectivity index (χ2n) is 5.83. The SMILES string of the molecule is CCCNC(CC)CN(C)C1CCCCC1C.